The Labute approximate surface area is 111 Å². The van der Waals surface area contributed by atoms with Crippen LogP contribution in [0.4, 0.5) is 4.39 Å². The van der Waals surface area contributed by atoms with E-state index in [4.69, 9.17) is 5.73 Å². The highest BCUT2D eigenvalue weighted by molar-refractivity contribution is 7.91. The van der Waals surface area contributed by atoms with Crippen molar-refractivity contribution in [1.29, 1.82) is 0 Å². The number of halogens is 2. The van der Waals surface area contributed by atoms with Gasteiger partial charge in [-0.1, -0.05) is 6.08 Å². The Morgan fingerprint density at radius 3 is 2.44 bits per heavy atom. The molecule has 2 aliphatic rings. The third kappa shape index (κ3) is 2.15. The molecule has 1 amide bonds. The van der Waals surface area contributed by atoms with Crippen molar-refractivity contribution in [3.05, 3.63) is 12.7 Å². The predicted molar refractivity (Wildman–Crippen MR) is 67.5 cm³/mol. The first-order valence-corrected chi connectivity index (χ1v) is 6.84. The molecule has 2 atom stereocenters. The molecule has 0 aromatic heterocycles. The Morgan fingerprint density at radius 1 is 1.56 bits per heavy atom. The van der Waals surface area contributed by atoms with Gasteiger partial charge in [0.2, 0.25) is 10.0 Å². The second-order valence-electron chi connectivity index (χ2n) is 4.84. The minimum atomic E-state index is -3.96. The van der Waals surface area contributed by atoms with Gasteiger partial charge in [0.1, 0.15) is 17.0 Å². The molecule has 0 spiro atoms. The van der Waals surface area contributed by atoms with Gasteiger partial charge in [0.05, 0.1) is 0 Å². The summed E-state index contributed by atoms with van der Waals surface area (Å²) in [5.41, 5.74) is 4.52. The quantitative estimate of drug-likeness (QED) is 0.713. The third-order valence-corrected chi connectivity index (χ3v) is 5.73. The Kier molecular flexibility index (Phi) is 3.82. The van der Waals surface area contributed by atoms with Crippen molar-refractivity contribution in [3.63, 3.8) is 0 Å². The summed E-state index contributed by atoms with van der Waals surface area (Å²) in [6.45, 7) is 2.53. The molecule has 2 saturated carbocycles. The van der Waals surface area contributed by atoms with Crippen LogP contribution in [0.5, 0.6) is 0 Å². The lowest BCUT2D eigenvalue weighted by Gasteiger charge is -2.16. The zero-order valence-corrected chi connectivity index (χ0v) is 11.3. The van der Waals surface area contributed by atoms with Crippen molar-refractivity contribution in [3.8, 4) is 0 Å². The van der Waals surface area contributed by atoms with Crippen molar-refractivity contribution in [2.45, 2.75) is 29.5 Å². The van der Waals surface area contributed by atoms with E-state index in [-0.39, 0.29) is 31.2 Å². The molecule has 2 aliphatic carbocycles. The fourth-order valence-electron chi connectivity index (χ4n) is 1.80. The van der Waals surface area contributed by atoms with E-state index < -0.39 is 32.9 Å². The van der Waals surface area contributed by atoms with Crippen LogP contribution >= 0.6 is 12.4 Å². The second kappa shape index (κ2) is 4.47. The minimum Gasteiger partial charge on any atom is -0.317 e. The smallest absolute Gasteiger partial charge is 0.254 e. The van der Waals surface area contributed by atoms with E-state index in [1.807, 2.05) is 4.72 Å². The summed E-state index contributed by atoms with van der Waals surface area (Å²) in [5, 5.41) is 0. The van der Waals surface area contributed by atoms with Crippen LogP contribution in [-0.4, -0.2) is 31.3 Å². The highest BCUT2D eigenvalue weighted by Crippen LogP contribution is 2.45. The van der Waals surface area contributed by atoms with Crippen LogP contribution < -0.4 is 10.5 Å². The largest absolute Gasteiger partial charge is 0.317 e. The number of hydrogen-bond acceptors (Lipinski definition) is 4. The first-order valence-electron chi connectivity index (χ1n) is 5.35. The molecule has 18 heavy (non-hydrogen) atoms. The molecular formula is C10H16ClFN2O3S. The SMILES string of the molecule is C=CC1CC1(N)C(=O)NS(=O)(=O)C1(CF)CC1.Cl. The van der Waals surface area contributed by atoms with Crippen LogP contribution in [-0.2, 0) is 14.8 Å². The number of alkyl halides is 1. The first kappa shape index (κ1) is 15.4. The lowest BCUT2D eigenvalue weighted by Crippen LogP contribution is -2.50. The molecule has 104 valence electrons. The van der Waals surface area contributed by atoms with Gasteiger partial charge in [-0.2, -0.15) is 0 Å². The summed E-state index contributed by atoms with van der Waals surface area (Å²) < 4.78 is 36.7. The van der Waals surface area contributed by atoms with Crippen LogP contribution in [0, 0.1) is 5.92 Å². The molecule has 0 aromatic rings. The molecule has 0 heterocycles. The normalized spacial score (nSPS) is 32.0. The van der Waals surface area contributed by atoms with Gasteiger partial charge in [0, 0.05) is 5.92 Å². The van der Waals surface area contributed by atoms with Crippen LogP contribution in [0.25, 0.3) is 0 Å². The zero-order valence-electron chi connectivity index (χ0n) is 9.69. The maximum atomic E-state index is 12.7. The van der Waals surface area contributed by atoms with E-state index in [1.54, 1.807) is 0 Å². The summed E-state index contributed by atoms with van der Waals surface area (Å²) in [4.78, 5) is 11.7. The average molecular weight is 299 g/mol. The van der Waals surface area contributed by atoms with E-state index in [0.717, 1.165) is 0 Å². The molecule has 0 saturated heterocycles. The fraction of sp³-hybridized carbons (Fsp3) is 0.700. The number of nitrogens with one attached hydrogen (secondary N) is 1. The van der Waals surface area contributed by atoms with Crippen molar-refractivity contribution in [2.75, 3.05) is 6.67 Å². The molecule has 3 N–H and O–H groups in total. The highest BCUT2D eigenvalue weighted by Gasteiger charge is 2.60. The number of sulfonamides is 1. The van der Waals surface area contributed by atoms with Crippen LogP contribution in [0.1, 0.15) is 19.3 Å². The van der Waals surface area contributed by atoms with Crippen LogP contribution in [0.3, 0.4) is 0 Å². The zero-order chi connectivity index (χ0) is 12.9. The topological polar surface area (TPSA) is 89.3 Å². The van der Waals surface area contributed by atoms with E-state index in [2.05, 4.69) is 6.58 Å². The molecule has 0 aromatic carbocycles. The Morgan fingerprint density at radius 2 is 2.11 bits per heavy atom. The van der Waals surface area contributed by atoms with E-state index in [9.17, 15) is 17.6 Å². The summed E-state index contributed by atoms with van der Waals surface area (Å²) in [6, 6.07) is 0. The van der Waals surface area contributed by atoms with Crippen LogP contribution in [0.15, 0.2) is 12.7 Å². The lowest BCUT2D eigenvalue weighted by atomic mass is 10.2. The molecule has 0 bridgehead atoms. The number of hydrogen-bond donors (Lipinski definition) is 2. The molecule has 0 radical (unpaired) electrons. The van der Waals surface area contributed by atoms with E-state index in [0.29, 0.717) is 6.42 Å². The van der Waals surface area contributed by atoms with Crippen LogP contribution in [0.2, 0.25) is 0 Å². The molecule has 2 fully saturated rings. The molecule has 2 rings (SSSR count). The second-order valence-corrected chi connectivity index (χ2v) is 6.91. The Hall–Kier alpha value is -0.660. The Bertz CT molecular complexity index is 478. The Balaban J connectivity index is 0.00000162. The molecular weight excluding hydrogens is 283 g/mol. The van der Waals surface area contributed by atoms with Gasteiger partial charge in [-0.15, -0.1) is 19.0 Å². The van der Waals surface area contributed by atoms with Gasteiger partial charge in [-0.3, -0.25) is 9.52 Å². The summed E-state index contributed by atoms with van der Waals surface area (Å²) in [7, 11) is -3.96. The summed E-state index contributed by atoms with van der Waals surface area (Å²) >= 11 is 0. The minimum absolute atomic E-state index is 0. The standard InChI is InChI=1S/C10H15FN2O3S.ClH/c1-2-7-5-10(7,12)8(14)13-17(15,16)9(6-11)3-4-9;/h2,7H,1,3-6,12H2,(H,13,14);1H. The maximum Gasteiger partial charge on any atom is 0.254 e. The van der Waals surface area contributed by atoms with Crippen molar-refractivity contribution >= 4 is 28.3 Å². The van der Waals surface area contributed by atoms with E-state index in [1.165, 1.54) is 6.08 Å². The number of carbonyl (C=O) groups excluding carboxylic acids is 1. The first-order chi connectivity index (χ1) is 7.81. The lowest BCUT2D eigenvalue weighted by molar-refractivity contribution is -0.121. The average Bonchev–Trinajstić information content (AvgIpc) is 3.11. The maximum absolute atomic E-state index is 12.7. The summed E-state index contributed by atoms with van der Waals surface area (Å²) in [5.74, 6) is -0.972. The van der Waals surface area contributed by atoms with Crippen molar-refractivity contribution in [2.24, 2.45) is 11.7 Å². The molecule has 5 nitrogen and oxygen atoms in total. The van der Waals surface area contributed by atoms with E-state index >= 15 is 0 Å². The number of rotatable bonds is 5. The number of carbonyl (C=O) groups is 1. The molecule has 2 unspecified atom stereocenters. The van der Waals surface area contributed by atoms with Crippen molar-refractivity contribution < 1.29 is 17.6 Å². The third-order valence-electron chi connectivity index (χ3n) is 3.61. The molecule has 0 aliphatic heterocycles. The summed E-state index contributed by atoms with van der Waals surface area (Å²) in [6.07, 6.45) is 2.39. The van der Waals surface area contributed by atoms with Gasteiger partial charge in [0.25, 0.3) is 5.91 Å². The van der Waals surface area contributed by atoms with Gasteiger partial charge in [0.15, 0.2) is 0 Å². The fourth-order valence-corrected chi connectivity index (χ4v) is 3.23. The van der Waals surface area contributed by atoms with Gasteiger partial charge < -0.3 is 5.73 Å². The van der Waals surface area contributed by atoms with Gasteiger partial charge in [-0.25, -0.2) is 12.8 Å². The number of nitrogens with two attached hydrogens (primary N) is 1. The van der Waals surface area contributed by atoms with Crippen molar-refractivity contribution in [1.82, 2.24) is 4.72 Å². The van der Waals surface area contributed by atoms with Gasteiger partial charge >= 0.3 is 0 Å². The van der Waals surface area contributed by atoms with Gasteiger partial charge in [-0.05, 0) is 19.3 Å². The number of amides is 1. The predicted octanol–water partition coefficient (Wildman–Crippen LogP) is 0.260. The monoisotopic (exact) mass is 298 g/mol. The molecule has 8 heteroatoms. The highest BCUT2D eigenvalue weighted by atomic mass is 35.5.